The molecule has 2 aromatic rings. The van der Waals surface area contributed by atoms with E-state index in [-0.39, 0.29) is 17.5 Å². The Bertz CT molecular complexity index is 762. The van der Waals surface area contributed by atoms with Crippen LogP contribution in [-0.2, 0) is 19.4 Å². The van der Waals surface area contributed by atoms with Crippen molar-refractivity contribution in [1.29, 1.82) is 0 Å². The van der Waals surface area contributed by atoms with Gasteiger partial charge in [0.2, 0.25) is 0 Å². The molecule has 0 bridgehead atoms. The van der Waals surface area contributed by atoms with Crippen molar-refractivity contribution in [2.75, 3.05) is 13.1 Å². The Morgan fingerprint density at radius 3 is 2.52 bits per heavy atom. The summed E-state index contributed by atoms with van der Waals surface area (Å²) in [5.74, 6) is -0.261. The molecule has 3 rings (SSSR count). The first-order valence-electron chi connectivity index (χ1n) is 8.34. The van der Waals surface area contributed by atoms with E-state index >= 15 is 0 Å². The molecular formula is C19H21ClN2O3. The largest absolute Gasteiger partial charge is 0.504 e. The lowest BCUT2D eigenvalue weighted by Crippen LogP contribution is -2.40. The number of aryl methyl sites for hydroxylation is 1. The number of amides is 2. The van der Waals surface area contributed by atoms with Gasteiger partial charge in [0, 0.05) is 24.7 Å². The van der Waals surface area contributed by atoms with Gasteiger partial charge in [-0.1, -0.05) is 23.7 Å². The number of benzene rings is 2. The molecule has 1 aliphatic heterocycles. The molecular weight excluding hydrogens is 340 g/mol. The summed E-state index contributed by atoms with van der Waals surface area (Å²) in [6, 6.07) is 10.6. The van der Waals surface area contributed by atoms with Crippen LogP contribution >= 0.6 is 11.6 Å². The molecule has 0 aliphatic carbocycles. The first kappa shape index (κ1) is 17.4. The van der Waals surface area contributed by atoms with Crippen LogP contribution in [0.2, 0.25) is 5.02 Å². The Kier molecular flexibility index (Phi) is 5.34. The van der Waals surface area contributed by atoms with Crippen LogP contribution in [0.15, 0.2) is 36.4 Å². The predicted octanol–water partition coefficient (Wildman–Crippen LogP) is 3.45. The summed E-state index contributed by atoms with van der Waals surface area (Å²) in [7, 11) is 0. The smallest absolute Gasteiger partial charge is 0.317 e. The number of nitrogens with one attached hydrogen (secondary N) is 1. The Balaban J connectivity index is 1.58. The van der Waals surface area contributed by atoms with Crippen LogP contribution < -0.4 is 5.32 Å². The lowest BCUT2D eigenvalue weighted by molar-refractivity contribution is 0.196. The lowest BCUT2D eigenvalue weighted by atomic mass is 10.0. The molecule has 0 spiro atoms. The molecule has 2 amide bonds. The zero-order valence-electron chi connectivity index (χ0n) is 13.8. The maximum absolute atomic E-state index is 12.4. The highest BCUT2D eigenvalue weighted by Gasteiger charge is 2.20. The first-order chi connectivity index (χ1) is 12.0. The van der Waals surface area contributed by atoms with E-state index in [1.54, 1.807) is 17.0 Å². The Labute approximate surface area is 151 Å². The van der Waals surface area contributed by atoms with Gasteiger partial charge in [0.15, 0.2) is 11.5 Å². The molecule has 3 N–H and O–H groups in total. The average Bonchev–Trinajstić information content (AvgIpc) is 2.79. The van der Waals surface area contributed by atoms with E-state index in [1.807, 2.05) is 24.3 Å². The normalized spacial score (nSPS) is 13.9. The fourth-order valence-corrected chi connectivity index (χ4v) is 3.16. The molecule has 25 heavy (non-hydrogen) atoms. The minimum atomic E-state index is -0.149. The van der Waals surface area contributed by atoms with Gasteiger partial charge >= 0.3 is 6.03 Å². The summed E-state index contributed by atoms with van der Waals surface area (Å²) in [6.45, 7) is 1.61. The van der Waals surface area contributed by atoms with E-state index in [9.17, 15) is 15.0 Å². The van der Waals surface area contributed by atoms with Gasteiger partial charge in [-0.25, -0.2) is 4.79 Å². The Morgan fingerprint density at radius 1 is 1.12 bits per heavy atom. The summed E-state index contributed by atoms with van der Waals surface area (Å²) in [4.78, 5) is 14.2. The molecule has 132 valence electrons. The number of phenols is 2. The number of carbonyl (C=O) groups is 1. The fourth-order valence-electron chi connectivity index (χ4n) is 3.04. The zero-order chi connectivity index (χ0) is 17.8. The maximum atomic E-state index is 12.4. The zero-order valence-corrected chi connectivity index (χ0v) is 14.6. The van der Waals surface area contributed by atoms with Gasteiger partial charge in [-0.3, -0.25) is 0 Å². The van der Waals surface area contributed by atoms with Crippen molar-refractivity contribution < 1.29 is 15.0 Å². The second-order valence-corrected chi connectivity index (χ2v) is 6.68. The lowest BCUT2D eigenvalue weighted by Gasteiger charge is -2.21. The van der Waals surface area contributed by atoms with Crippen LogP contribution in [0.4, 0.5) is 4.79 Å². The summed E-state index contributed by atoms with van der Waals surface area (Å²) >= 11 is 5.87. The highest BCUT2D eigenvalue weighted by molar-refractivity contribution is 6.30. The minimum Gasteiger partial charge on any atom is -0.504 e. The minimum absolute atomic E-state index is 0.111. The van der Waals surface area contributed by atoms with Crippen molar-refractivity contribution in [1.82, 2.24) is 10.2 Å². The second kappa shape index (κ2) is 7.66. The molecule has 0 aromatic heterocycles. The summed E-state index contributed by atoms with van der Waals surface area (Å²) < 4.78 is 0. The van der Waals surface area contributed by atoms with Gasteiger partial charge in [-0.05, 0) is 60.2 Å². The number of fused-ring (bicyclic) bond motifs is 1. The third-order valence-electron chi connectivity index (χ3n) is 4.42. The Hall–Kier alpha value is -2.40. The number of carbonyl (C=O) groups excluding carboxylic acids is 1. The molecule has 0 radical (unpaired) electrons. The number of aromatic hydroxyl groups is 2. The van der Waals surface area contributed by atoms with Crippen LogP contribution in [0.25, 0.3) is 0 Å². The van der Waals surface area contributed by atoms with Gasteiger partial charge in [-0.15, -0.1) is 0 Å². The molecule has 5 nitrogen and oxygen atoms in total. The molecule has 0 saturated heterocycles. The maximum Gasteiger partial charge on any atom is 0.317 e. The molecule has 0 atom stereocenters. The van der Waals surface area contributed by atoms with Gasteiger partial charge in [0.1, 0.15) is 0 Å². The van der Waals surface area contributed by atoms with E-state index in [1.165, 1.54) is 0 Å². The quantitative estimate of drug-likeness (QED) is 0.734. The molecule has 1 heterocycles. The monoisotopic (exact) mass is 360 g/mol. The molecule has 0 saturated carbocycles. The van der Waals surface area contributed by atoms with Crippen LogP contribution in [0.1, 0.15) is 23.1 Å². The van der Waals surface area contributed by atoms with E-state index in [0.717, 1.165) is 36.0 Å². The average molecular weight is 361 g/mol. The first-order valence-corrected chi connectivity index (χ1v) is 8.71. The van der Waals surface area contributed by atoms with Gasteiger partial charge in [0.25, 0.3) is 0 Å². The number of hydrogen-bond acceptors (Lipinski definition) is 3. The molecule has 0 fully saturated rings. The standard InChI is InChI=1S/C19H21ClN2O3/c20-16-5-3-13(4-6-16)7-8-21-19(25)22-9-1-2-14-10-17(23)18(24)11-15(14)12-22/h3-6,10-11,23-24H,1-2,7-9,12H2,(H,21,25). The van der Waals surface area contributed by atoms with Crippen molar-refractivity contribution in [3.8, 4) is 11.5 Å². The molecule has 6 heteroatoms. The topological polar surface area (TPSA) is 72.8 Å². The number of urea groups is 1. The number of halogens is 1. The molecule has 1 aliphatic rings. The van der Waals surface area contributed by atoms with E-state index in [0.29, 0.717) is 24.7 Å². The van der Waals surface area contributed by atoms with Crippen LogP contribution in [-0.4, -0.2) is 34.2 Å². The van der Waals surface area contributed by atoms with Crippen molar-refractivity contribution in [3.05, 3.63) is 58.1 Å². The van der Waals surface area contributed by atoms with Crippen LogP contribution in [0.5, 0.6) is 11.5 Å². The predicted molar refractivity (Wildman–Crippen MR) is 97.1 cm³/mol. The van der Waals surface area contributed by atoms with Crippen molar-refractivity contribution >= 4 is 17.6 Å². The van der Waals surface area contributed by atoms with E-state index in [2.05, 4.69) is 5.32 Å². The van der Waals surface area contributed by atoms with Crippen molar-refractivity contribution in [2.45, 2.75) is 25.8 Å². The number of phenolic OH excluding ortho intramolecular Hbond substituents is 2. The Morgan fingerprint density at radius 2 is 1.80 bits per heavy atom. The van der Waals surface area contributed by atoms with Gasteiger partial charge in [-0.2, -0.15) is 0 Å². The number of rotatable bonds is 3. The summed E-state index contributed by atoms with van der Waals surface area (Å²) in [6.07, 6.45) is 2.33. The molecule has 0 unspecified atom stereocenters. The highest BCUT2D eigenvalue weighted by Crippen LogP contribution is 2.31. The van der Waals surface area contributed by atoms with Gasteiger partial charge in [0.05, 0.1) is 0 Å². The van der Waals surface area contributed by atoms with Crippen LogP contribution in [0, 0.1) is 0 Å². The van der Waals surface area contributed by atoms with Crippen LogP contribution in [0.3, 0.4) is 0 Å². The SMILES string of the molecule is O=C(NCCc1ccc(Cl)cc1)N1CCCc2cc(O)c(O)cc2C1. The second-order valence-electron chi connectivity index (χ2n) is 6.24. The third kappa shape index (κ3) is 4.37. The third-order valence-corrected chi connectivity index (χ3v) is 4.67. The fraction of sp³-hybridized carbons (Fsp3) is 0.316. The summed E-state index contributed by atoms with van der Waals surface area (Å²) in [5.41, 5.74) is 2.97. The van der Waals surface area contributed by atoms with Gasteiger partial charge < -0.3 is 20.4 Å². The summed E-state index contributed by atoms with van der Waals surface area (Å²) in [5, 5.41) is 23.0. The molecule has 2 aromatic carbocycles. The van der Waals surface area contributed by atoms with Crippen molar-refractivity contribution in [3.63, 3.8) is 0 Å². The number of nitrogens with zero attached hydrogens (tertiary/aromatic N) is 1. The van der Waals surface area contributed by atoms with E-state index in [4.69, 9.17) is 11.6 Å². The number of hydrogen-bond donors (Lipinski definition) is 3. The van der Waals surface area contributed by atoms with E-state index < -0.39 is 0 Å². The highest BCUT2D eigenvalue weighted by atomic mass is 35.5. The van der Waals surface area contributed by atoms with Crippen molar-refractivity contribution in [2.24, 2.45) is 0 Å².